The number of aryl methyl sites for hydroxylation is 1. The molecule has 0 saturated carbocycles. The van der Waals surface area contributed by atoms with Gasteiger partial charge in [0.1, 0.15) is 18.4 Å². The fraction of sp³-hybridized carbons (Fsp3) is 0.440. The number of rotatable bonds is 12. The molecule has 2 amide bonds. The highest BCUT2D eigenvalue weighted by Crippen LogP contribution is 2.25. The predicted octanol–water partition coefficient (Wildman–Crippen LogP) is 4.28. The van der Waals surface area contributed by atoms with Crippen molar-refractivity contribution in [1.29, 1.82) is 0 Å². The van der Waals surface area contributed by atoms with Crippen LogP contribution in [0.5, 0.6) is 0 Å². The van der Waals surface area contributed by atoms with Gasteiger partial charge >= 0.3 is 0 Å². The quantitative estimate of drug-likeness (QED) is 0.419. The van der Waals surface area contributed by atoms with Crippen molar-refractivity contribution in [3.8, 4) is 0 Å². The summed E-state index contributed by atoms with van der Waals surface area (Å²) in [5.41, 5.74) is 1.84. The molecule has 35 heavy (non-hydrogen) atoms. The van der Waals surface area contributed by atoms with Gasteiger partial charge in [-0.15, -0.1) is 0 Å². The van der Waals surface area contributed by atoms with Crippen molar-refractivity contribution < 1.29 is 22.4 Å². The van der Waals surface area contributed by atoms with Crippen LogP contribution in [0.1, 0.15) is 44.2 Å². The summed E-state index contributed by atoms with van der Waals surface area (Å²) >= 11 is 5.86. The molecule has 10 heteroatoms. The Hall–Kier alpha value is -2.65. The zero-order valence-corrected chi connectivity index (χ0v) is 22.1. The molecular weight excluding hydrogens is 493 g/mol. The van der Waals surface area contributed by atoms with Crippen LogP contribution in [0.25, 0.3) is 0 Å². The lowest BCUT2D eigenvalue weighted by Crippen LogP contribution is -2.52. The summed E-state index contributed by atoms with van der Waals surface area (Å²) in [6.07, 6.45) is 3.02. The molecule has 2 aromatic carbocycles. The number of amides is 2. The lowest BCUT2D eigenvalue weighted by Gasteiger charge is -2.33. The van der Waals surface area contributed by atoms with E-state index in [0.29, 0.717) is 13.0 Å². The summed E-state index contributed by atoms with van der Waals surface area (Å²) < 4.78 is 39.7. The van der Waals surface area contributed by atoms with E-state index in [2.05, 4.69) is 5.32 Å². The van der Waals surface area contributed by atoms with Gasteiger partial charge in [0.2, 0.25) is 21.8 Å². The molecule has 0 fully saturated rings. The Bertz CT molecular complexity index is 1140. The summed E-state index contributed by atoms with van der Waals surface area (Å²) in [6, 6.07) is 10.1. The van der Waals surface area contributed by atoms with E-state index in [0.717, 1.165) is 46.7 Å². The SMILES string of the molecule is CCCCNC(=O)[C@H](CC)N(Cc1ccccc1C)C(=O)CN(c1ccc(F)c(Cl)c1)S(C)(=O)=O. The first-order chi connectivity index (χ1) is 16.5. The number of carbonyl (C=O) groups excluding carboxylic acids is 2. The summed E-state index contributed by atoms with van der Waals surface area (Å²) in [7, 11) is -3.92. The highest BCUT2D eigenvalue weighted by Gasteiger charge is 2.32. The van der Waals surface area contributed by atoms with Crippen LogP contribution in [-0.4, -0.2) is 50.5 Å². The number of unbranched alkanes of at least 4 members (excludes halogenated alkanes) is 1. The smallest absolute Gasteiger partial charge is 0.244 e. The Morgan fingerprint density at radius 2 is 1.83 bits per heavy atom. The van der Waals surface area contributed by atoms with Gasteiger partial charge in [0.25, 0.3) is 0 Å². The number of halogens is 2. The number of nitrogens with zero attached hydrogens (tertiary/aromatic N) is 2. The lowest BCUT2D eigenvalue weighted by molar-refractivity contribution is -0.140. The van der Waals surface area contributed by atoms with Crippen molar-refractivity contribution in [1.82, 2.24) is 10.2 Å². The van der Waals surface area contributed by atoms with Gasteiger partial charge in [0.05, 0.1) is 17.0 Å². The molecule has 7 nitrogen and oxygen atoms in total. The number of carbonyl (C=O) groups is 2. The van der Waals surface area contributed by atoms with Crippen LogP contribution in [0.4, 0.5) is 10.1 Å². The second-order valence-electron chi connectivity index (χ2n) is 8.38. The minimum Gasteiger partial charge on any atom is -0.354 e. The van der Waals surface area contributed by atoms with E-state index in [4.69, 9.17) is 11.6 Å². The van der Waals surface area contributed by atoms with Crippen molar-refractivity contribution in [2.75, 3.05) is 23.7 Å². The molecule has 0 spiro atoms. The third-order valence-electron chi connectivity index (χ3n) is 5.69. The van der Waals surface area contributed by atoms with Gasteiger partial charge in [-0.25, -0.2) is 12.8 Å². The Morgan fingerprint density at radius 3 is 2.40 bits per heavy atom. The van der Waals surface area contributed by atoms with E-state index < -0.39 is 34.3 Å². The molecule has 1 atom stereocenters. The van der Waals surface area contributed by atoms with Gasteiger partial charge in [-0.1, -0.05) is 56.1 Å². The average molecular weight is 526 g/mol. The van der Waals surface area contributed by atoms with Crippen molar-refractivity contribution >= 4 is 39.1 Å². The minimum absolute atomic E-state index is 0.0588. The van der Waals surface area contributed by atoms with Crippen LogP contribution in [0.3, 0.4) is 0 Å². The number of anilines is 1. The average Bonchev–Trinajstić information content (AvgIpc) is 2.79. The number of nitrogens with one attached hydrogen (secondary N) is 1. The molecule has 0 aromatic heterocycles. The minimum atomic E-state index is -3.92. The maximum atomic E-state index is 13.7. The third kappa shape index (κ3) is 7.93. The Labute approximate surface area is 212 Å². The van der Waals surface area contributed by atoms with Crippen LogP contribution >= 0.6 is 11.6 Å². The molecule has 0 unspecified atom stereocenters. The first kappa shape index (κ1) is 28.6. The van der Waals surface area contributed by atoms with Gasteiger partial charge in [-0.05, 0) is 49.1 Å². The zero-order valence-electron chi connectivity index (χ0n) is 20.6. The second kappa shape index (κ2) is 12.9. The maximum absolute atomic E-state index is 13.7. The van der Waals surface area contributed by atoms with E-state index in [1.165, 1.54) is 11.0 Å². The summed E-state index contributed by atoms with van der Waals surface area (Å²) in [5, 5.41) is 2.61. The molecule has 0 saturated heterocycles. The van der Waals surface area contributed by atoms with Crippen LogP contribution in [0, 0.1) is 12.7 Å². The van der Waals surface area contributed by atoms with Crippen molar-refractivity contribution in [3.05, 3.63) is 64.4 Å². The number of hydrogen-bond donors (Lipinski definition) is 1. The van der Waals surface area contributed by atoms with E-state index in [1.807, 2.05) is 38.1 Å². The van der Waals surface area contributed by atoms with Crippen LogP contribution < -0.4 is 9.62 Å². The van der Waals surface area contributed by atoms with E-state index in [1.54, 1.807) is 6.92 Å². The molecule has 0 bridgehead atoms. The molecular formula is C25H33ClFN3O4S. The van der Waals surface area contributed by atoms with Gasteiger partial charge < -0.3 is 10.2 Å². The van der Waals surface area contributed by atoms with Crippen LogP contribution in [0.2, 0.25) is 5.02 Å². The molecule has 0 aliphatic carbocycles. The van der Waals surface area contributed by atoms with E-state index in [-0.39, 0.29) is 23.2 Å². The summed E-state index contributed by atoms with van der Waals surface area (Å²) in [5.74, 6) is -1.55. The molecule has 2 aromatic rings. The predicted molar refractivity (Wildman–Crippen MR) is 137 cm³/mol. The molecule has 0 radical (unpaired) electrons. The van der Waals surface area contributed by atoms with Crippen LogP contribution in [0.15, 0.2) is 42.5 Å². The molecule has 1 N–H and O–H groups in total. The fourth-order valence-electron chi connectivity index (χ4n) is 3.65. The monoisotopic (exact) mass is 525 g/mol. The summed E-state index contributed by atoms with van der Waals surface area (Å²) in [6.45, 7) is 5.78. The third-order valence-corrected chi connectivity index (χ3v) is 7.12. The first-order valence-corrected chi connectivity index (χ1v) is 13.8. The van der Waals surface area contributed by atoms with Crippen molar-refractivity contribution in [2.45, 2.75) is 52.6 Å². The van der Waals surface area contributed by atoms with E-state index >= 15 is 0 Å². The van der Waals surface area contributed by atoms with Gasteiger partial charge in [-0.2, -0.15) is 0 Å². The van der Waals surface area contributed by atoms with Crippen molar-refractivity contribution in [2.24, 2.45) is 0 Å². The molecule has 192 valence electrons. The maximum Gasteiger partial charge on any atom is 0.244 e. The fourth-order valence-corrected chi connectivity index (χ4v) is 4.67. The Kier molecular flexibility index (Phi) is 10.5. The molecule has 0 heterocycles. The molecule has 0 aliphatic rings. The zero-order chi connectivity index (χ0) is 26.2. The Balaban J connectivity index is 2.43. The van der Waals surface area contributed by atoms with E-state index in [9.17, 15) is 22.4 Å². The van der Waals surface area contributed by atoms with Crippen LogP contribution in [-0.2, 0) is 26.2 Å². The molecule has 2 rings (SSSR count). The second-order valence-corrected chi connectivity index (χ2v) is 10.7. The largest absolute Gasteiger partial charge is 0.354 e. The van der Waals surface area contributed by atoms with Gasteiger partial charge in [0.15, 0.2) is 0 Å². The Morgan fingerprint density at radius 1 is 1.14 bits per heavy atom. The number of hydrogen-bond acceptors (Lipinski definition) is 4. The highest BCUT2D eigenvalue weighted by molar-refractivity contribution is 7.92. The number of sulfonamides is 1. The van der Waals surface area contributed by atoms with Crippen molar-refractivity contribution in [3.63, 3.8) is 0 Å². The first-order valence-electron chi connectivity index (χ1n) is 11.5. The van der Waals surface area contributed by atoms with Gasteiger partial charge in [-0.3, -0.25) is 13.9 Å². The summed E-state index contributed by atoms with van der Waals surface area (Å²) in [4.78, 5) is 28.0. The van der Waals surface area contributed by atoms with Gasteiger partial charge in [0, 0.05) is 13.1 Å². The highest BCUT2D eigenvalue weighted by atomic mass is 35.5. The topological polar surface area (TPSA) is 86.8 Å². The normalized spacial score (nSPS) is 12.2. The standard InChI is InChI=1S/C25H33ClFN3O4S/c1-5-7-14-28-25(32)23(6-2)29(16-19-11-9-8-10-18(19)3)24(31)17-30(35(4,33)34)20-12-13-22(27)21(26)15-20/h8-13,15,23H,5-7,14,16-17H2,1-4H3,(H,28,32)/t23-/m0/s1. The molecule has 0 aliphatic heterocycles. The number of benzene rings is 2. The lowest BCUT2D eigenvalue weighted by atomic mass is 10.1.